The Hall–Kier alpha value is -1.32. The monoisotopic (exact) mass is 263 g/mol. The van der Waals surface area contributed by atoms with E-state index in [-0.39, 0.29) is 0 Å². The molecule has 1 atom stereocenters. The van der Waals surface area contributed by atoms with Crippen molar-refractivity contribution >= 4 is 11.6 Å². The minimum absolute atomic E-state index is 0.382. The maximum Gasteiger partial charge on any atom is 0.109 e. The molecule has 0 bridgehead atoms. The number of aryl methyl sites for hydroxylation is 1. The van der Waals surface area contributed by atoms with Gasteiger partial charge in [-0.2, -0.15) is 0 Å². The number of halogens is 1. The van der Waals surface area contributed by atoms with Gasteiger partial charge in [0.05, 0.1) is 0 Å². The second-order valence-electron chi connectivity index (χ2n) is 4.47. The van der Waals surface area contributed by atoms with Crippen molar-refractivity contribution in [1.29, 1.82) is 0 Å². The van der Waals surface area contributed by atoms with Crippen LogP contribution in [0.15, 0.2) is 36.7 Å². The predicted molar refractivity (Wildman–Crippen MR) is 74.9 cm³/mol. The van der Waals surface area contributed by atoms with Crippen molar-refractivity contribution in [3.63, 3.8) is 0 Å². The van der Waals surface area contributed by atoms with Crippen molar-refractivity contribution in [3.05, 3.63) is 53.1 Å². The van der Waals surface area contributed by atoms with Gasteiger partial charge < -0.3 is 9.88 Å². The van der Waals surface area contributed by atoms with E-state index in [4.69, 9.17) is 11.6 Å². The van der Waals surface area contributed by atoms with E-state index >= 15 is 0 Å². The number of rotatable bonds is 5. The Morgan fingerprint density at radius 3 is 2.56 bits per heavy atom. The summed E-state index contributed by atoms with van der Waals surface area (Å²) in [5.74, 6) is 1.10. The molecule has 3 nitrogen and oxygen atoms in total. The first-order chi connectivity index (χ1) is 8.69. The van der Waals surface area contributed by atoms with E-state index in [1.54, 1.807) is 0 Å². The summed E-state index contributed by atoms with van der Waals surface area (Å²) in [6.45, 7) is 0. The topological polar surface area (TPSA) is 29.9 Å². The van der Waals surface area contributed by atoms with Crippen LogP contribution in [0.4, 0.5) is 0 Å². The number of aromatic nitrogens is 2. The highest BCUT2D eigenvalue weighted by Gasteiger charge is 2.11. The van der Waals surface area contributed by atoms with Crippen LogP contribution in [0, 0.1) is 0 Å². The molecule has 2 rings (SSSR count). The average Bonchev–Trinajstić information content (AvgIpc) is 2.77. The quantitative estimate of drug-likeness (QED) is 0.898. The van der Waals surface area contributed by atoms with Gasteiger partial charge in [0.1, 0.15) is 5.82 Å². The summed E-state index contributed by atoms with van der Waals surface area (Å²) >= 11 is 5.89. The lowest BCUT2D eigenvalue weighted by Gasteiger charge is -2.16. The molecule has 0 saturated heterocycles. The van der Waals surface area contributed by atoms with E-state index < -0.39 is 0 Å². The van der Waals surface area contributed by atoms with Crippen LogP contribution in [0.3, 0.4) is 0 Å². The van der Waals surface area contributed by atoms with Crippen LogP contribution in [-0.2, 0) is 19.9 Å². The molecule has 96 valence electrons. The molecule has 4 heteroatoms. The molecular formula is C14H18ClN3. The Labute approximate surface area is 113 Å². The molecule has 2 aromatic rings. The van der Waals surface area contributed by atoms with Crippen LogP contribution in [0.2, 0.25) is 5.02 Å². The van der Waals surface area contributed by atoms with E-state index in [1.807, 2.05) is 38.6 Å². The summed E-state index contributed by atoms with van der Waals surface area (Å²) in [7, 11) is 4.01. The molecule has 1 unspecified atom stereocenters. The minimum atomic E-state index is 0.382. The Morgan fingerprint density at radius 2 is 2.00 bits per heavy atom. The largest absolute Gasteiger partial charge is 0.338 e. The molecule has 0 radical (unpaired) electrons. The van der Waals surface area contributed by atoms with Crippen LogP contribution >= 0.6 is 11.6 Å². The van der Waals surface area contributed by atoms with Gasteiger partial charge in [-0.1, -0.05) is 23.7 Å². The maximum atomic E-state index is 5.89. The highest BCUT2D eigenvalue weighted by molar-refractivity contribution is 6.30. The molecule has 0 fully saturated rings. The molecule has 1 aromatic carbocycles. The van der Waals surface area contributed by atoms with Crippen LogP contribution in [0.5, 0.6) is 0 Å². The lowest BCUT2D eigenvalue weighted by Crippen LogP contribution is -2.30. The summed E-state index contributed by atoms with van der Waals surface area (Å²) in [4.78, 5) is 4.36. The van der Waals surface area contributed by atoms with Crippen molar-refractivity contribution in [2.75, 3.05) is 7.05 Å². The molecular weight excluding hydrogens is 246 g/mol. The van der Waals surface area contributed by atoms with Gasteiger partial charge in [0.2, 0.25) is 0 Å². The van der Waals surface area contributed by atoms with Gasteiger partial charge in [0.15, 0.2) is 0 Å². The average molecular weight is 264 g/mol. The number of hydrogen-bond donors (Lipinski definition) is 1. The Morgan fingerprint density at radius 1 is 1.28 bits per heavy atom. The standard InChI is InChI=1S/C14H18ClN3/c1-16-13(10-14-17-7-8-18(14)2)9-11-3-5-12(15)6-4-11/h3-8,13,16H,9-10H2,1-2H3. The highest BCUT2D eigenvalue weighted by atomic mass is 35.5. The Balaban J connectivity index is 2.01. The minimum Gasteiger partial charge on any atom is -0.338 e. The van der Waals surface area contributed by atoms with E-state index in [0.717, 1.165) is 23.7 Å². The third-order valence-corrected chi connectivity index (χ3v) is 3.41. The fourth-order valence-electron chi connectivity index (χ4n) is 1.99. The second kappa shape index (κ2) is 6.03. The number of hydrogen-bond acceptors (Lipinski definition) is 2. The molecule has 18 heavy (non-hydrogen) atoms. The van der Waals surface area contributed by atoms with Gasteiger partial charge in [-0.05, 0) is 31.2 Å². The molecule has 0 aliphatic rings. The van der Waals surface area contributed by atoms with Gasteiger partial charge >= 0.3 is 0 Å². The Kier molecular flexibility index (Phi) is 4.39. The smallest absolute Gasteiger partial charge is 0.109 e. The van der Waals surface area contributed by atoms with Gasteiger partial charge in [-0.3, -0.25) is 0 Å². The van der Waals surface area contributed by atoms with Crippen LogP contribution in [0.25, 0.3) is 0 Å². The molecule has 0 aliphatic carbocycles. The summed E-state index contributed by atoms with van der Waals surface area (Å²) < 4.78 is 2.06. The highest BCUT2D eigenvalue weighted by Crippen LogP contribution is 2.12. The van der Waals surface area contributed by atoms with Crippen molar-refractivity contribution in [3.8, 4) is 0 Å². The zero-order valence-electron chi connectivity index (χ0n) is 10.7. The summed E-state index contributed by atoms with van der Waals surface area (Å²) in [6, 6.07) is 8.40. The van der Waals surface area contributed by atoms with Gasteiger partial charge in [-0.25, -0.2) is 4.98 Å². The van der Waals surface area contributed by atoms with Crippen molar-refractivity contribution < 1.29 is 0 Å². The lowest BCUT2D eigenvalue weighted by molar-refractivity contribution is 0.534. The van der Waals surface area contributed by atoms with Crippen LogP contribution < -0.4 is 5.32 Å². The zero-order chi connectivity index (χ0) is 13.0. The Bertz CT molecular complexity index is 490. The van der Waals surface area contributed by atoms with Crippen molar-refractivity contribution in [2.45, 2.75) is 18.9 Å². The first kappa shape index (κ1) is 13.1. The molecule has 1 aromatic heterocycles. The van der Waals surface area contributed by atoms with Gasteiger partial charge in [-0.15, -0.1) is 0 Å². The maximum absolute atomic E-state index is 5.89. The van der Waals surface area contributed by atoms with Crippen LogP contribution in [-0.4, -0.2) is 22.6 Å². The number of nitrogens with zero attached hydrogens (tertiary/aromatic N) is 2. The molecule has 1 N–H and O–H groups in total. The van der Waals surface area contributed by atoms with Crippen LogP contribution in [0.1, 0.15) is 11.4 Å². The first-order valence-corrected chi connectivity index (χ1v) is 6.44. The SMILES string of the molecule is CNC(Cc1ccc(Cl)cc1)Cc1nccn1C. The third kappa shape index (κ3) is 3.34. The predicted octanol–water partition coefficient (Wildman–Crippen LogP) is 2.45. The van der Waals surface area contributed by atoms with E-state index in [2.05, 4.69) is 27.0 Å². The number of benzene rings is 1. The summed E-state index contributed by atoms with van der Waals surface area (Å²) in [5.41, 5.74) is 1.29. The van der Waals surface area contributed by atoms with E-state index in [9.17, 15) is 0 Å². The van der Waals surface area contributed by atoms with E-state index in [0.29, 0.717) is 6.04 Å². The normalized spacial score (nSPS) is 12.6. The molecule has 1 heterocycles. The number of nitrogens with one attached hydrogen (secondary N) is 1. The third-order valence-electron chi connectivity index (χ3n) is 3.15. The lowest BCUT2D eigenvalue weighted by atomic mass is 10.0. The fourth-order valence-corrected chi connectivity index (χ4v) is 2.12. The molecule has 0 amide bonds. The number of likely N-dealkylation sites (N-methyl/N-ethyl adjacent to an activating group) is 1. The van der Waals surface area contributed by atoms with Crippen molar-refractivity contribution in [2.24, 2.45) is 7.05 Å². The van der Waals surface area contributed by atoms with E-state index in [1.165, 1.54) is 5.56 Å². The second-order valence-corrected chi connectivity index (χ2v) is 4.91. The fraction of sp³-hybridized carbons (Fsp3) is 0.357. The van der Waals surface area contributed by atoms with Gasteiger partial charge in [0.25, 0.3) is 0 Å². The summed E-state index contributed by atoms with van der Waals surface area (Å²) in [6.07, 6.45) is 5.71. The molecule has 0 saturated carbocycles. The summed E-state index contributed by atoms with van der Waals surface area (Å²) in [5, 5.41) is 4.13. The van der Waals surface area contributed by atoms with Crippen molar-refractivity contribution in [1.82, 2.24) is 14.9 Å². The zero-order valence-corrected chi connectivity index (χ0v) is 11.5. The number of imidazole rings is 1. The van der Waals surface area contributed by atoms with Gasteiger partial charge in [0, 0.05) is 36.9 Å². The molecule has 0 spiro atoms. The first-order valence-electron chi connectivity index (χ1n) is 6.07. The molecule has 0 aliphatic heterocycles.